The lowest BCUT2D eigenvalue weighted by atomic mass is 9.98. The van der Waals surface area contributed by atoms with Gasteiger partial charge in [0.15, 0.2) is 11.8 Å². The van der Waals surface area contributed by atoms with E-state index in [0.717, 1.165) is 10.6 Å². The highest BCUT2D eigenvalue weighted by Gasteiger charge is 2.48. The lowest BCUT2D eigenvalue weighted by Crippen LogP contribution is -2.41. The molecule has 1 aromatic carbocycles. The summed E-state index contributed by atoms with van der Waals surface area (Å²) < 4.78 is 24.3. The quantitative estimate of drug-likeness (QED) is 0.223. The SMILES string of the molecule is CCC#CC1(O)CC(COP(=S)(NC(C)C(=O)OC(C)C)Oc2ccccc2)OC1n1ccc(=O)[nH]c1=O. The second kappa shape index (κ2) is 12.8. The van der Waals surface area contributed by atoms with Gasteiger partial charge in [-0.15, -0.1) is 5.92 Å². The third-order valence-corrected chi connectivity index (χ3v) is 7.81. The molecule has 1 fully saturated rings. The normalized spacial score (nSPS) is 23.2. The number of carbonyl (C=O) groups excluding carboxylic acids is 1. The van der Waals surface area contributed by atoms with Crippen LogP contribution in [0.15, 0.2) is 52.2 Å². The number of hydrogen-bond donors (Lipinski definition) is 3. The number of esters is 1. The average Bonchev–Trinajstić information content (AvgIpc) is 3.18. The van der Waals surface area contributed by atoms with Crippen LogP contribution >= 0.6 is 6.64 Å². The van der Waals surface area contributed by atoms with E-state index in [1.807, 2.05) is 13.0 Å². The fourth-order valence-electron chi connectivity index (χ4n) is 3.67. The molecule has 11 nitrogen and oxygen atoms in total. The van der Waals surface area contributed by atoms with Crippen molar-refractivity contribution < 1.29 is 28.4 Å². The first kappa shape index (κ1) is 29.8. The average molecular weight is 566 g/mol. The number of H-pyrrole nitrogens is 1. The van der Waals surface area contributed by atoms with E-state index in [0.29, 0.717) is 12.2 Å². The Labute approximate surface area is 225 Å². The molecule has 0 aliphatic carbocycles. The van der Waals surface area contributed by atoms with Crippen molar-refractivity contribution in [2.24, 2.45) is 0 Å². The molecule has 3 rings (SSSR count). The zero-order valence-electron chi connectivity index (χ0n) is 21.6. The third-order valence-electron chi connectivity index (χ3n) is 5.31. The van der Waals surface area contributed by atoms with Gasteiger partial charge in [-0.1, -0.05) is 31.0 Å². The van der Waals surface area contributed by atoms with Crippen molar-refractivity contribution in [1.29, 1.82) is 0 Å². The molecule has 0 radical (unpaired) electrons. The summed E-state index contributed by atoms with van der Waals surface area (Å²) >= 11 is 5.72. The first-order valence-electron chi connectivity index (χ1n) is 12.1. The summed E-state index contributed by atoms with van der Waals surface area (Å²) in [6, 6.07) is 9.07. The number of hydrogen-bond acceptors (Lipinski definition) is 9. The van der Waals surface area contributed by atoms with Gasteiger partial charge in [0, 0.05) is 25.1 Å². The molecule has 13 heteroatoms. The number of aromatic amines is 1. The number of aliphatic hydroxyl groups is 1. The Bertz CT molecular complexity index is 1340. The number of aromatic nitrogens is 2. The van der Waals surface area contributed by atoms with Gasteiger partial charge >= 0.3 is 18.3 Å². The molecule has 1 aliphatic heterocycles. The molecule has 5 unspecified atom stereocenters. The first-order chi connectivity index (χ1) is 17.9. The fraction of sp³-hybridized carbons (Fsp3) is 0.480. The van der Waals surface area contributed by atoms with Gasteiger partial charge in [0.1, 0.15) is 11.8 Å². The second-order valence-electron chi connectivity index (χ2n) is 8.95. The molecule has 38 heavy (non-hydrogen) atoms. The molecule has 3 N–H and O–H groups in total. The Morgan fingerprint density at radius 2 is 2.03 bits per heavy atom. The molecule has 1 aromatic heterocycles. The number of ether oxygens (including phenoxy) is 2. The Hall–Kier alpha value is -2.78. The molecule has 206 valence electrons. The molecule has 0 amide bonds. The van der Waals surface area contributed by atoms with Crippen molar-refractivity contribution in [3.8, 4) is 17.6 Å². The van der Waals surface area contributed by atoms with Gasteiger partial charge in [0.2, 0.25) is 0 Å². The number of para-hydroxylation sites is 1. The zero-order valence-corrected chi connectivity index (χ0v) is 23.3. The summed E-state index contributed by atoms with van der Waals surface area (Å²) in [7, 11) is 0. The molecule has 2 heterocycles. The van der Waals surface area contributed by atoms with E-state index in [4.69, 9.17) is 30.3 Å². The van der Waals surface area contributed by atoms with Gasteiger partial charge in [0.05, 0.1) is 18.8 Å². The van der Waals surface area contributed by atoms with Crippen LogP contribution in [0.25, 0.3) is 0 Å². The predicted octanol–water partition coefficient (Wildman–Crippen LogP) is 2.22. The van der Waals surface area contributed by atoms with Gasteiger partial charge in [-0.2, -0.15) is 0 Å². The molecule has 1 saturated heterocycles. The Morgan fingerprint density at radius 3 is 2.66 bits per heavy atom. The van der Waals surface area contributed by atoms with Crippen LogP contribution in [0.1, 0.15) is 46.8 Å². The van der Waals surface area contributed by atoms with Crippen LogP contribution in [0.2, 0.25) is 0 Å². The fourth-order valence-corrected chi connectivity index (χ4v) is 6.10. The summed E-state index contributed by atoms with van der Waals surface area (Å²) in [6.07, 6.45) is -0.585. The standard InChI is InChI=1S/C25H32N3O8PS/c1-5-6-13-25(32)15-20(35-23(25)28-14-12-21(29)26-24(28)31)16-33-37(38,36-19-10-8-7-9-11-19)27-18(4)22(30)34-17(2)3/h7-12,14,17-18,20,23,32H,5,15-16H2,1-4H3,(H,27,38)(H,26,29,31). The van der Waals surface area contributed by atoms with Crippen molar-refractivity contribution in [2.45, 2.75) is 70.6 Å². The summed E-state index contributed by atoms with van der Waals surface area (Å²) in [4.78, 5) is 38.5. The van der Waals surface area contributed by atoms with Crippen LogP contribution in [-0.4, -0.2) is 51.1 Å². The van der Waals surface area contributed by atoms with Crippen molar-refractivity contribution in [3.05, 3.63) is 63.4 Å². The molecule has 0 bridgehead atoms. The maximum absolute atomic E-state index is 12.4. The maximum Gasteiger partial charge on any atom is 0.330 e. The minimum absolute atomic E-state index is 0.0121. The highest BCUT2D eigenvalue weighted by atomic mass is 32.5. The van der Waals surface area contributed by atoms with E-state index in [1.54, 1.807) is 45.0 Å². The highest BCUT2D eigenvalue weighted by molar-refractivity contribution is 8.09. The maximum atomic E-state index is 12.4. The molecular formula is C25H32N3O8PS. The number of nitrogens with one attached hydrogen (secondary N) is 2. The van der Waals surface area contributed by atoms with Crippen LogP contribution in [0.4, 0.5) is 0 Å². The molecule has 0 saturated carbocycles. The lowest BCUT2D eigenvalue weighted by Gasteiger charge is -2.27. The topological polar surface area (TPSA) is 141 Å². The van der Waals surface area contributed by atoms with Crippen molar-refractivity contribution in [3.63, 3.8) is 0 Å². The van der Waals surface area contributed by atoms with Gasteiger partial charge in [-0.25, -0.2) is 9.88 Å². The largest absolute Gasteiger partial charge is 0.462 e. The van der Waals surface area contributed by atoms with E-state index in [-0.39, 0.29) is 19.1 Å². The number of rotatable bonds is 10. The van der Waals surface area contributed by atoms with Crippen LogP contribution in [0.5, 0.6) is 5.75 Å². The lowest BCUT2D eigenvalue weighted by molar-refractivity contribution is -0.149. The number of nitrogens with zero attached hydrogens (tertiary/aromatic N) is 1. The van der Waals surface area contributed by atoms with E-state index in [2.05, 4.69) is 21.9 Å². The van der Waals surface area contributed by atoms with Crippen LogP contribution < -0.4 is 20.9 Å². The van der Waals surface area contributed by atoms with E-state index in [1.165, 1.54) is 6.20 Å². The van der Waals surface area contributed by atoms with Crippen molar-refractivity contribution in [1.82, 2.24) is 14.6 Å². The van der Waals surface area contributed by atoms with Gasteiger partial charge < -0.3 is 23.6 Å². The first-order valence-corrected chi connectivity index (χ1v) is 14.8. The monoisotopic (exact) mass is 565 g/mol. The smallest absolute Gasteiger partial charge is 0.330 e. The molecule has 0 spiro atoms. The molecular weight excluding hydrogens is 533 g/mol. The summed E-state index contributed by atoms with van der Waals surface area (Å²) in [6.45, 7) is 3.39. The van der Waals surface area contributed by atoms with Crippen LogP contribution in [0.3, 0.4) is 0 Å². The number of carbonyl (C=O) groups is 1. The Balaban J connectivity index is 1.83. The van der Waals surface area contributed by atoms with E-state index < -0.39 is 47.8 Å². The Morgan fingerprint density at radius 1 is 1.32 bits per heavy atom. The number of benzene rings is 1. The predicted molar refractivity (Wildman–Crippen MR) is 144 cm³/mol. The molecule has 5 atom stereocenters. The van der Waals surface area contributed by atoms with E-state index in [9.17, 15) is 19.5 Å². The van der Waals surface area contributed by atoms with Crippen LogP contribution in [-0.2, 0) is 30.6 Å². The minimum Gasteiger partial charge on any atom is -0.462 e. The highest BCUT2D eigenvalue weighted by Crippen LogP contribution is 2.47. The van der Waals surface area contributed by atoms with Crippen LogP contribution in [0, 0.1) is 11.8 Å². The summed E-state index contributed by atoms with van der Waals surface area (Å²) in [5.41, 5.74) is -3.07. The molecule has 1 aliphatic rings. The van der Waals surface area contributed by atoms with Gasteiger partial charge in [-0.05, 0) is 44.7 Å². The van der Waals surface area contributed by atoms with Gasteiger partial charge in [0.25, 0.3) is 5.56 Å². The summed E-state index contributed by atoms with van der Waals surface area (Å²) in [5.74, 6) is 5.52. The summed E-state index contributed by atoms with van der Waals surface area (Å²) in [5, 5.41) is 14.3. The van der Waals surface area contributed by atoms with Crippen molar-refractivity contribution >= 4 is 24.4 Å². The Kier molecular flexibility index (Phi) is 10.1. The van der Waals surface area contributed by atoms with Gasteiger partial charge in [-0.3, -0.25) is 19.1 Å². The van der Waals surface area contributed by atoms with Crippen molar-refractivity contribution in [2.75, 3.05) is 6.61 Å². The molecule has 2 aromatic rings. The van der Waals surface area contributed by atoms with E-state index >= 15 is 0 Å². The zero-order chi connectivity index (χ0) is 27.9. The minimum atomic E-state index is -3.35. The third kappa shape index (κ3) is 7.86. The second-order valence-corrected chi connectivity index (χ2v) is 12.1.